The predicted molar refractivity (Wildman–Crippen MR) is 84.9 cm³/mol. The summed E-state index contributed by atoms with van der Waals surface area (Å²) in [6.07, 6.45) is -8.83. The summed E-state index contributed by atoms with van der Waals surface area (Å²) in [6.45, 7) is 0. The first-order chi connectivity index (χ1) is 12.1. The number of methoxy groups -OCH3 is 2. The summed E-state index contributed by atoms with van der Waals surface area (Å²) in [5.41, 5.74) is -2.83. The lowest BCUT2D eigenvalue weighted by Crippen LogP contribution is -2.12. The summed E-state index contributed by atoms with van der Waals surface area (Å²) >= 11 is 0. The van der Waals surface area contributed by atoms with Gasteiger partial charge >= 0.3 is 12.4 Å². The van der Waals surface area contributed by atoms with Crippen LogP contribution in [0.3, 0.4) is 0 Å². The zero-order valence-corrected chi connectivity index (χ0v) is 13.7. The second-order valence-electron chi connectivity index (χ2n) is 5.25. The molecule has 0 amide bonds. The molecule has 0 radical (unpaired) electrons. The topological polar surface area (TPSA) is 18.5 Å². The van der Waals surface area contributed by atoms with Gasteiger partial charge in [-0.2, -0.15) is 26.3 Å². The Labute approximate surface area is 145 Å². The molecule has 26 heavy (non-hydrogen) atoms. The molecule has 0 spiro atoms. The van der Waals surface area contributed by atoms with E-state index < -0.39 is 29.1 Å². The molecule has 2 aromatic carbocycles. The van der Waals surface area contributed by atoms with Gasteiger partial charge in [0.15, 0.2) is 11.5 Å². The van der Waals surface area contributed by atoms with Crippen LogP contribution in [0.15, 0.2) is 42.5 Å². The highest BCUT2D eigenvalue weighted by molar-refractivity contribution is 5.85. The van der Waals surface area contributed by atoms with Crippen LogP contribution in [0, 0.1) is 0 Å². The summed E-state index contributed by atoms with van der Waals surface area (Å²) in [7, 11) is 2.69. The van der Waals surface area contributed by atoms with Gasteiger partial charge in [-0.1, -0.05) is 18.2 Å². The normalized spacial score (nSPS) is 12.8. The van der Waals surface area contributed by atoms with Gasteiger partial charge in [0.05, 0.1) is 25.4 Å². The van der Waals surface area contributed by atoms with Crippen LogP contribution >= 0.6 is 0 Å². The van der Waals surface area contributed by atoms with Gasteiger partial charge in [-0.15, -0.1) is 0 Å². The number of hydrogen-bond donors (Lipinski definition) is 0. The molecule has 0 aromatic heterocycles. The van der Waals surface area contributed by atoms with Crippen molar-refractivity contribution in [2.45, 2.75) is 12.4 Å². The highest BCUT2D eigenvalue weighted by Crippen LogP contribution is 2.39. The fourth-order valence-electron chi connectivity index (χ4n) is 2.30. The van der Waals surface area contributed by atoms with Gasteiger partial charge in [-0.3, -0.25) is 0 Å². The number of halogens is 6. The van der Waals surface area contributed by atoms with Crippen molar-refractivity contribution in [2.75, 3.05) is 14.2 Å². The van der Waals surface area contributed by atoms with E-state index in [-0.39, 0.29) is 11.3 Å². The Morgan fingerprint density at radius 3 is 2.04 bits per heavy atom. The molecule has 0 N–H and O–H groups in total. The Kier molecular flexibility index (Phi) is 5.53. The van der Waals surface area contributed by atoms with Crippen LogP contribution in [0.1, 0.15) is 16.7 Å². The Morgan fingerprint density at radius 2 is 1.50 bits per heavy atom. The maximum atomic E-state index is 13.4. The summed E-state index contributed by atoms with van der Waals surface area (Å²) in [4.78, 5) is 0. The third-order valence-electron chi connectivity index (χ3n) is 3.52. The van der Waals surface area contributed by atoms with Gasteiger partial charge in [-0.25, -0.2) is 0 Å². The van der Waals surface area contributed by atoms with Crippen LogP contribution in [0.5, 0.6) is 11.5 Å². The Hall–Kier alpha value is -2.64. The van der Waals surface area contributed by atoms with Crippen molar-refractivity contribution in [1.82, 2.24) is 0 Å². The standard InChI is InChI=1S/C18H14F6O2/c1-25-15-7-6-11(9-16(15)26-2)8-14(18(22,23)24)12-4-3-5-13(10-12)17(19,20)21/h3-10H,1-2H3/b14-8-. The van der Waals surface area contributed by atoms with E-state index in [4.69, 9.17) is 9.47 Å². The molecule has 8 heteroatoms. The Morgan fingerprint density at radius 1 is 0.846 bits per heavy atom. The average molecular weight is 376 g/mol. The fourth-order valence-corrected chi connectivity index (χ4v) is 2.30. The lowest BCUT2D eigenvalue weighted by Gasteiger charge is -2.15. The molecule has 0 aliphatic heterocycles. The van der Waals surface area contributed by atoms with E-state index in [1.54, 1.807) is 0 Å². The first-order valence-corrected chi connectivity index (χ1v) is 7.25. The number of ether oxygens (including phenoxy) is 2. The lowest BCUT2D eigenvalue weighted by molar-refractivity contribution is -0.137. The van der Waals surface area contributed by atoms with Crippen molar-refractivity contribution in [3.05, 3.63) is 59.2 Å². The predicted octanol–water partition coefficient (Wildman–Crippen LogP) is 5.83. The van der Waals surface area contributed by atoms with Crippen molar-refractivity contribution >= 4 is 11.6 Å². The molecule has 0 unspecified atom stereocenters. The van der Waals surface area contributed by atoms with Crippen LogP contribution in [-0.2, 0) is 6.18 Å². The maximum absolute atomic E-state index is 13.4. The number of alkyl halides is 6. The van der Waals surface area contributed by atoms with E-state index in [0.717, 1.165) is 18.2 Å². The molecule has 140 valence electrons. The van der Waals surface area contributed by atoms with Crippen LogP contribution in [0.4, 0.5) is 26.3 Å². The first-order valence-electron chi connectivity index (χ1n) is 7.25. The molecular formula is C18H14F6O2. The van der Waals surface area contributed by atoms with Crippen LogP contribution in [0.2, 0.25) is 0 Å². The molecule has 0 saturated heterocycles. The monoisotopic (exact) mass is 376 g/mol. The molecule has 0 aliphatic carbocycles. The summed E-state index contributed by atoms with van der Waals surface area (Å²) < 4.78 is 88.8. The zero-order chi connectivity index (χ0) is 19.5. The smallest absolute Gasteiger partial charge is 0.417 e. The molecule has 0 bridgehead atoms. The third kappa shape index (κ3) is 4.50. The minimum atomic E-state index is -4.85. The van der Waals surface area contributed by atoms with E-state index >= 15 is 0 Å². The largest absolute Gasteiger partial charge is 0.493 e. The van der Waals surface area contributed by atoms with Gasteiger partial charge in [0.1, 0.15) is 0 Å². The highest BCUT2D eigenvalue weighted by Gasteiger charge is 2.36. The Bertz CT molecular complexity index is 806. The molecule has 0 heterocycles. The molecule has 2 aromatic rings. The van der Waals surface area contributed by atoms with Crippen LogP contribution < -0.4 is 9.47 Å². The van der Waals surface area contributed by atoms with Crippen molar-refractivity contribution in [2.24, 2.45) is 0 Å². The number of allylic oxidation sites excluding steroid dienone is 1. The van der Waals surface area contributed by atoms with Crippen molar-refractivity contribution in [3.63, 3.8) is 0 Å². The minimum absolute atomic E-state index is 0.104. The molecule has 0 atom stereocenters. The Balaban J connectivity index is 2.58. The van der Waals surface area contributed by atoms with E-state index in [1.165, 1.54) is 32.4 Å². The van der Waals surface area contributed by atoms with Crippen LogP contribution in [0.25, 0.3) is 11.6 Å². The van der Waals surface area contributed by atoms with E-state index in [2.05, 4.69) is 0 Å². The van der Waals surface area contributed by atoms with E-state index in [9.17, 15) is 26.3 Å². The van der Waals surface area contributed by atoms with Gasteiger partial charge in [0.2, 0.25) is 0 Å². The van der Waals surface area contributed by atoms with Gasteiger partial charge in [0.25, 0.3) is 0 Å². The highest BCUT2D eigenvalue weighted by atomic mass is 19.4. The molecule has 0 saturated carbocycles. The summed E-state index contributed by atoms with van der Waals surface area (Å²) in [5, 5.41) is 0. The number of benzene rings is 2. The summed E-state index contributed by atoms with van der Waals surface area (Å²) in [6, 6.07) is 7.17. The van der Waals surface area contributed by atoms with Crippen LogP contribution in [-0.4, -0.2) is 20.4 Å². The molecule has 0 fully saturated rings. The fraction of sp³-hybridized carbons (Fsp3) is 0.222. The van der Waals surface area contributed by atoms with E-state index in [1.807, 2.05) is 0 Å². The van der Waals surface area contributed by atoms with E-state index in [0.29, 0.717) is 17.9 Å². The lowest BCUT2D eigenvalue weighted by atomic mass is 10.00. The minimum Gasteiger partial charge on any atom is -0.493 e. The van der Waals surface area contributed by atoms with Crippen molar-refractivity contribution in [1.29, 1.82) is 0 Å². The SMILES string of the molecule is COc1ccc(/C=C(/c2cccc(C(F)(F)F)c2)C(F)(F)F)cc1OC. The first kappa shape index (κ1) is 19.7. The molecule has 2 nitrogen and oxygen atoms in total. The second-order valence-corrected chi connectivity index (χ2v) is 5.25. The molecule has 2 rings (SSSR count). The molecule has 0 aliphatic rings. The number of hydrogen-bond acceptors (Lipinski definition) is 2. The van der Waals surface area contributed by atoms with Gasteiger partial charge in [-0.05, 0) is 41.5 Å². The maximum Gasteiger partial charge on any atom is 0.417 e. The zero-order valence-electron chi connectivity index (χ0n) is 13.7. The van der Waals surface area contributed by atoms with Gasteiger partial charge < -0.3 is 9.47 Å². The average Bonchev–Trinajstić information content (AvgIpc) is 2.57. The number of rotatable bonds is 4. The van der Waals surface area contributed by atoms with Crippen molar-refractivity contribution in [3.8, 4) is 11.5 Å². The molecular weight excluding hydrogens is 362 g/mol. The van der Waals surface area contributed by atoms with Gasteiger partial charge in [0, 0.05) is 0 Å². The second kappa shape index (κ2) is 7.31. The van der Waals surface area contributed by atoms with Crippen molar-refractivity contribution < 1.29 is 35.8 Å². The summed E-state index contributed by atoms with van der Waals surface area (Å²) in [5.74, 6) is 0.518. The quantitative estimate of drug-likeness (QED) is 0.494. The third-order valence-corrected chi connectivity index (χ3v) is 3.52.